The third-order valence-corrected chi connectivity index (χ3v) is 3.34. The number of rotatable bonds is 3. The summed E-state index contributed by atoms with van der Waals surface area (Å²) in [7, 11) is 3.36. The van der Waals surface area contributed by atoms with Crippen molar-refractivity contribution >= 4 is 18.0 Å². The van der Waals surface area contributed by atoms with Gasteiger partial charge in [0.05, 0.1) is 15.1 Å². The zero-order valence-corrected chi connectivity index (χ0v) is 10.6. The number of nitrogens with zero attached hydrogens (tertiary/aromatic N) is 1. The van der Waals surface area contributed by atoms with Crippen molar-refractivity contribution in [3.63, 3.8) is 0 Å². The first kappa shape index (κ1) is 11.4. The Labute approximate surface area is 85.2 Å². The molecule has 13 heavy (non-hydrogen) atoms. The first-order valence-electron chi connectivity index (χ1n) is 4.71. The molecule has 1 aliphatic rings. The van der Waals surface area contributed by atoms with Crippen LogP contribution in [0.2, 0.25) is 0 Å². The highest BCUT2D eigenvalue weighted by Crippen LogP contribution is 2.24. The summed E-state index contributed by atoms with van der Waals surface area (Å²) in [6.07, 6.45) is 4.23. The minimum atomic E-state index is 0.572. The summed E-state index contributed by atoms with van der Waals surface area (Å²) in [5.41, 5.74) is 1.48. The molecule has 2 nitrogen and oxygen atoms in total. The number of hydrogen-bond donors (Lipinski definition) is 0. The van der Waals surface area contributed by atoms with Crippen LogP contribution < -0.4 is 0 Å². The van der Waals surface area contributed by atoms with Crippen molar-refractivity contribution in [2.75, 3.05) is 26.0 Å². The van der Waals surface area contributed by atoms with E-state index < -0.39 is 0 Å². The molecule has 0 radical (unpaired) electrons. The molecule has 0 N–H and O–H groups in total. The summed E-state index contributed by atoms with van der Waals surface area (Å²) < 4.78 is 5.35. The van der Waals surface area contributed by atoms with Crippen LogP contribution in [0.3, 0.4) is 0 Å². The highest BCUT2D eigenvalue weighted by atomic mass is 31.1. The normalized spacial score (nSPS) is 28.8. The molecular weight excluding hydrogens is 200 g/mol. The lowest BCUT2D eigenvalue weighted by atomic mass is 9.95. The Kier molecular flexibility index (Phi) is 5.24. The molecule has 0 spiro atoms. The SMILES string of the molecule is CPO/C=C1\CCN(CP)CC1C. The minimum absolute atomic E-state index is 0.572. The van der Waals surface area contributed by atoms with E-state index in [2.05, 4.69) is 27.7 Å². The lowest BCUT2D eigenvalue weighted by molar-refractivity contribution is 0.253. The van der Waals surface area contributed by atoms with E-state index in [1.807, 2.05) is 6.26 Å². The maximum Gasteiger partial charge on any atom is 0.0860 e. The van der Waals surface area contributed by atoms with Crippen molar-refractivity contribution in [1.29, 1.82) is 0 Å². The predicted molar refractivity (Wildman–Crippen MR) is 63.3 cm³/mol. The largest absolute Gasteiger partial charge is 0.485 e. The molecule has 4 heteroatoms. The van der Waals surface area contributed by atoms with Crippen LogP contribution >= 0.6 is 18.0 Å². The molecule has 0 aromatic carbocycles. The third kappa shape index (κ3) is 3.54. The minimum Gasteiger partial charge on any atom is -0.485 e. The molecule has 3 unspecified atom stereocenters. The van der Waals surface area contributed by atoms with Gasteiger partial charge in [-0.05, 0) is 24.6 Å². The van der Waals surface area contributed by atoms with Crippen molar-refractivity contribution in [1.82, 2.24) is 4.90 Å². The van der Waals surface area contributed by atoms with Crippen molar-refractivity contribution in [3.05, 3.63) is 11.8 Å². The van der Waals surface area contributed by atoms with Gasteiger partial charge < -0.3 is 4.52 Å². The van der Waals surface area contributed by atoms with Gasteiger partial charge in [0.15, 0.2) is 0 Å². The van der Waals surface area contributed by atoms with Gasteiger partial charge in [-0.15, -0.1) is 9.24 Å². The van der Waals surface area contributed by atoms with Gasteiger partial charge >= 0.3 is 0 Å². The lowest BCUT2D eigenvalue weighted by Crippen LogP contribution is -2.34. The van der Waals surface area contributed by atoms with Crippen molar-refractivity contribution in [2.24, 2.45) is 5.92 Å². The lowest BCUT2D eigenvalue weighted by Gasteiger charge is -2.31. The smallest absolute Gasteiger partial charge is 0.0860 e. The molecule has 1 rings (SSSR count). The van der Waals surface area contributed by atoms with Gasteiger partial charge in [-0.3, -0.25) is 4.90 Å². The van der Waals surface area contributed by atoms with Gasteiger partial charge in [-0.2, -0.15) is 0 Å². The van der Waals surface area contributed by atoms with E-state index in [-0.39, 0.29) is 0 Å². The van der Waals surface area contributed by atoms with E-state index >= 15 is 0 Å². The highest BCUT2D eigenvalue weighted by Gasteiger charge is 2.19. The van der Waals surface area contributed by atoms with Gasteiger partial charge in [0, 0.05) is 19.4 Å². The van der Waals surface area contributed by atoms with Gasteiger partial charge in [-0.1, -0.05) is 6.92 Å². The van der Waals surface area contributed by atoms with Crippen LogP contribution in [0.25, 0.3) is 0 Å². The standard InChI is InChI=1S/C9H19NOP2/c1-8-5-10(7-12)4-3-9(8)6-11-13-2/h6,8,13H,3-5,7,12H2,1-2H3/b9-6+. The Morgan fingerprint density at radius 1 is 1.77 bits per heavy atom. The van der Waals surface area contributed by atoms with Crippen LogP contribution in [0.4, 0.5) is 0 Å². The van der Waals surface area contributed by atoms with Gasteiger partial charge in [0.2, 0.25) is 0 Å². The fourth-order valence-corrected chi connectivity index (χ4v) is 2.21. The second-order valence-corrected chi connectivity index (χ2v) is 4.43. The zero-order chi connectivity index (χ0) is 9.68. The highest BCUT2D eigenvalue weighted by molar-refractivity contribution is 7.31. The van der Waals surface area contributed by atoms with E-state index in [1.54, 1.807) is 0 Å². The first-order chi connectivity index (χ1) is 6.27. The Morgan fingerprint density at radius 2 is 2.54 bits per heavy atom. The molecular formula is C9H19NOP2. The topological polar surface area (TPSA) is 12.5 Å². The van der Waals surface area contributed by atoms with Gasteiger partial charge in [0.25, 0.3) is 0 Å². The molecule has 0 bridgehead atoms. The second kappa shape index (κ2) is 5.96. The molecule has 1 fully saturated rings. The number of piperidine rings is 1. The van der Waals surface area contributed by atoms with Crippen molar-refractivity contribution in [3.8, 4) is 0 Å². The van der Waals surface area contributed by atoms with Crippen LogP contribution in [0.15, 0.2) is 11.8 Å². The van der Waals surface area contributed by atoms with Crippen molar-refractivity contribution < 1.29 is 4.52 Å². The van der Waals surface area contributed by atoms with E-state index in [4.69, 9.17) is 4.52 Å². The van der Waals surface area contributed by atoms with Crippen LogP contribution in [-0.2, 0) is 4.52 Å². The molecule has 0 aromatic rings. The van der Waals surface area contributed by atoms with Crippen LogP contribution in [0, 0.1) is 5.92 Å². The zero-order valence-electron chi connectivity index (χ0n) is 8.42. The molecule has 1 aliphatic heterocycles. The monoisotopic (exact) mass is 219 g/mol. The molecule has 0 aliphatic carbocycles. The van der Waals surface area contributed by atoms with Crippen LogP contribution in [0.5, 0.6) is 0 Å². The average molecular weight is 219 g/mol. The predicted octanol–water partition coefficient (Wildman–Crippen LogP) is 2.28. The van der Waals surface area contributed by atoms with Crippen LogP contribution in [-0.4, -0.2) is 30.9 Å². The Hall–Kier alpha value is 0.360. The maximum atomic E-state index is 5.35. The summed E-state index contributed by atoms with van der Waals surface area (Å²) in [5, 5.41) is 0. The third-order valence-electron chi connectivity index (χ3n) is 2.47. The Balaban J connectivity index is 2.43. The van der Waals surface area contributed by atoms with Crippen molar-refractivity contribution in [2.45, 2.75) is 13.3 Å². The number of likely N-dealkylation sites (tertiary alicyclic amines) is 1. The van der Waals surface area contributed by atoms with E-state index in [9.17, 15) is 0 Å². The fraction of sp³-hybridized carbons (Fsp3) is 0.778. The Morgan fingerprint density at radius 3 is 3.08 bits per heavy atom. The molecule has 0 aromatic heterocycles. The quantitative estimate of drug-likeness (QED) is 0.533. The van der Waals surface area contributed by atoms with Crippen LogP contribution in [0.1, 0.15) is 13.3 Å². The fourth-order valence-electron chi connectivity index (χ4n) is 1.60. The average Bonchev–Trinajstić information content (AvgIpc) is 2.16. The summed E-state index contributed by atoms with van der Waals surface area (Å²) in [6.45, 7) is 6.68. The summed E-state index contributed by atoms with van der Waals surface area (Å²) >= 11 is 0. The second-order valence-electron chi connectivity index (χ2n) is 3.43. The van der Waals surface area contributed by atoms with Gasteiger partial charge in [0.1, 0.15) is 0 Å². The van der Waals surface area contributed by atoms with E-state index in [1.165, 1.54) is 25.1 Å². The summed E-state index contributed by atoms with van der Waals surface area (Å²) in [5.74, 6) is 0.658. The summed E-state index contributed by atoms with van der Waals surface area (Å²) in [6, 6.07) is 0. The molecule has 1 saturated heterocycles. The van der Waals surface area contributed by atoms with E-state index in [0.717, 1.165) is 6.29 Å². The molecule has 3 atom stereocenters. The first-order valence-corrected chi connectivity index (χ1v) is 6.94. The van der Waals surface area contributed by atoms with E-state index in [0.29, 0.717) is 14.7 Å². The number of hydrogen-bond acceptors (Lipinski definition) is 2. The summed E-state index contributed by atoms with van der Waals surface area (Å²) in [4.78, 5) is 2.46. The Bertz CT molecular complexity index is 184. The molecule has 0 saturated carbocycles. The maximum absolute atomic E-state index is 5.35. The molecule has 0 amide bonds. The van der Waals surface area contributed by atoms with Gasteiger partial charge in [-0.25, -0.2) is 0 Å². The molecule has 1 heterocycles. The molecule has 76 valence electrons.